The second-order valence-electron chi connectivity index (χ2n) is 5.00. The number of nitrogens with zero attached hydrogens (tertiary/aromatic N) is 1. The van der Waals surface area contributed by atoms with Crippen LogP contribution in [0.15, 0.2) is 24.3 Å². The summed E-state index contributed by atoms with van der Waals surface area (Å²) in [5, 5.41) is 4.67. The number of rotatable bonds is 5. The van der Waals surface area contributed by atoms with E-state index in [4.69, 9.17) is 4.98 Å². The molecule has 0 saturated carbocycles. The summed E-state index contributed by atoms with van der Waals surface area (Å²) < 4.78 is 0. The number of hydrogen-bond donors (Lipinski definition) is 1. The van der Waals surface area contributed by atoms with Crippen LogP contribution in [0.25, 0.3) is 0 Å². The molecule has 3 heteroatoms. The molecular formula is C16H22N2S. The van der Waals surface area contributed by atoms with Gasteiger partial charge in [-0.25, -0.2) is 4.98 Å². The fraction of sp³-hybridized carbons (Fsp3) is 0.438. The molecule has 102 valence electrons. The largest absolute Gasteiger partial charge is 0.310 e. The highest BCUT2D eigenvalue weighted by Crippen LogP contribution is 2.26. The number of benzene rings is 1. The van der Waals surface area contributed by atoms with Crippen molar-refractivity contribution >= 4 is 11.3 Å². The van der Waals surface area contributed by atoms with Gasteiger partial charge in [0.1, 0.15) is 0 Å². The molecule has 1 atom stereocenters. The van der Waals surface area contributed by atoms with Crippen LogP contribution in [-0.4, -0.2) is 11.5 Å². The molecule has 0 aliphatic heterocycles. The molecule has 2 aromatic rings. The summed E-state index contributed by atoms with van der Waals surface area (Å²) in [6.07, 6.45) is 0.935. The van der Waals surface area contributed by atoms with E-state index >= 15 is 0 Å². The van der Waals surface area contributed by atoms with E-state index in [-0.39, 0.29) is 0 Å². The molecule has 1 aromatic heterocycles. The van der Waals surface area contributed by atoms with Gasteiger partial charge in [-0.2, -0.15) is 0 Å². The first-order chi connectivity index (χ1) is 9.10. The van der Waals surface area contributed by atoms with E-state index in [9.17, 15) is 0 Å². The second kappa shape index (κ2) is 6.31. The highest BCUT2D eigenvalue weighted by atomic mass is 32.1. The molecule has 1 unspecified atom stereocenters. The molecule has 0 radical (unpaired) electrons. The van der Waals surface area contributed by atoms with Crippen molar-refractivity contribution in [3.8, 4) is 0 Å². The van der Waals surface area contributed by atoms with Gasteiger partial charge >= 0.3 is 0 Å². The Morgan fingerprint density at radius 2 is 1.89 bits per heavy atom. The van der Waals surface area contributed by atoms with E-state index in [1.165, 1.54) is 26.7 Å². The third-order valence-corrected chi connectivity index (χ3v) is 4.60. The van der Waals surface area contributed by atoms with Crippen LogP contribution < -0.4 is 5.32 Å². The summed E-state index contributed by atoms with van der Waals surface area (Å²) in [7, 11) is 0. The quantitative estimate of drug-likeness (QED) is 0.890. The van der Waals surface area contributed by atoms with Gasteiger partial charge in [0.15, 0.2) is 0 Å². The van der Waals surface area contributed by atoms with E-state index in [1.807, 2.05) is 11.3 Å². The molecule has 0 aliphatic carbocycles. The van der Waals surface area contributed by atoms with Gasteiger partial charge in [0.25, 0.3) is 0 Å². The van der Waals surface area contributed by atoms with Gasteiger partial charge in [-0.05, 0) is 32.9 Å². The summed E-state index contributed by atoms with van der Waals surface area (Å²) in [5.41, 5.74) is 3.81. The van der Waals surface area contributed by atoms with Crippen LogP contribution in [-0.2, 0) is 6.42 Å². The standard InChI is InChI=1S/C16H22N2S/c1-5-17-12(3)16-13(4)18-15(19-16)10-14-8-6-11(2)7-9-14/h6-9,12,17H,5,10H2,1-4H3. The smallest absolute Gasteiger partial charge is 0.0975 e. The summed E-state index contributed by atoms with van der Waals surface area (Å²) in [6.45, 7) is 9.57. The van der Waals surface area contributed by atoms with Gasteiger partial charge in [-0.15, -0.1) is 11.3 Å². The van der Waals surface area contributed by atoms with E-state index < -0.39 is 0 Å². The molecule has 1 heterocycles. The van der Waals surface area contributed by atoms with E-state index in [1.54, 1.807) is 0 Å². The Labute approximate surface area is 119 Å². The monoisotopic (exact) mass is 274 g/mol. The molecule has 0 amide bonds. The number of thiazole rings is 1. The maximum absolute atomic E-state index is 4.71. The maximum atomic E-state index is 4.71. The van der Waals surface area contributed by atoms with Gasteiger partial charge in [0.2, 0.25) is 0 Å². The molecule has 0 fully saturated rings. The van der Waals surface area contributed by atoms with Gasteiger partial charge in [-0.1, -0.05) is 36.8 Å². The van der Waals surface area contributed by atoms with Crippen LogP contribution >= 0.6 is 11.3 Å². The van der Waals surface area contributed by atoms with Gasteiger partial charge in [0, 0.05) is 17.3 Å². The zero-order chi connectivity index (χ0) is 13.8. The average molecular weight is 274 g/mol. The van der Waals surface area contributed by atoms with E-state index in [0.717, 1.165) is 13.0 Å². The lowest BCUT2D eigenvalue weighted by Gasteiger charge is -2.09. The zero-order valence-electron chi connectivity index (χ0n) is 12.2. The Kier molecular flexibility index (Phi) is 4.72. The molecule has 1 N–H and O–H groups in total. The first-order valence-corrected chi connectivity index (χ1v) is 7.67. The van der Waals surface area contributed by atoms with Crippen molar-refractivity contribution in [2.75, 3.05) is 6.54 Å². The van der Waals surface area contributed by atoms with Crippen molar-refractivity contribution in [2.45, 2.75) is 40.2 Å². The lowest BCUT2D eigenvalue weighted by atomic mass is 10.1. The maximum Gasteiger partial charge on any atom is 0.0975 e. The van der Waals surface area contributed by atoms with Crippen molar-refractivity contribution in [3.05, 3.63) is 51.0 Å². The van der Waals surface area contributed by atoms with Gasteiger partial charge in [0.05, 0.1) is 10.7 Å². The Hall–Kier alpha value is -1.19. The highest BCUT2D eigenvalue weighted by Gasteiger charge is 2.13. The topological polar surface area (TPSA) is 24.9 Å². The minimum absolute atomic E-state index is 0.397. The van der Waals surface area contributed by atoms with Crippen LogP contribution in [0.4, 0.5) is 0 Å². The van der Waals surface area contributed by atoms with Crippen LogP contribution in [0.3, 0.4) is 0 Å². The Morgan fingerprint density at radius 3 is 2.53 bits per heavy atom. The predicted molar refractivity (Wildman–Crippen MR) is 82.9 cm³/mol. The van der Waals surface area contributed by atoms with Crippen molar-refractivity contribution < 1.29 is 0 Å². The first-order valence-electron chi connectivity index (χ1n) is 6.85. The minimum atomic E-state index is 0.397. The summed E-state index contributed by atoms with van der Waals surface area (Å²) in [6, 6.07) is 9.11. The van der Waals surface area contributed by atoms with Crippen LogP contribution in [0.5, 0.6) is 0 Å². The van der Waals surface area contributed by atoms with Crippen molar-refractivity contribution in [3.63, 3.8) is 0 Å². The SMILES string of the molecule is CCNC(C)c1sc(Cc2ccc(C)cc2)nc1C. The molecule has 0 bridgehead atoms. The number of aromatic nitrogens is 1. The molecule has 0 saturated heterocycles. The Morgan fingerprint density at radius 1 is 1.21 bits per heavy atom. The molecule has 1 aromatic carbocycles. The van der Waals surface area contributed by atoms with Crippen LogP contribution in [0.1, 0.15) is 46.6 Å². The molecule has 0 spiro atoms. The van der Waals surface area contributed by atoms with Crippen molar-refractivity contribution in [2.24, 2.45) is 0 Å². The average Bonchev–Trinajstić information content (AvgIpc) is 2.74. The lowest BCUT2D eigenvalue weighted by Crippen LogP contribution is -2.17. The molecule has 19 heavy (non-hydrogen) atoms. The molecule has 2 rings (SSSR count). The molecule has 0 aliphatic rings. The third kappa shape index (κ3) is 3.64. The summed E-state index contributed by atoms with van der Waals surface area (Å²) in [4.78, 5) is 6.07. The highest BCUT2D eigenvalue weighted by molar-refractivity contribution is 7.11. The van der Waals surface area contributed by atoms with Gasteiger partial charge < -0.3 is 5.32 Å². The van der Waals surface area contributed by atoms with Crippen LogP contribution in [0.2, 0.25) is 0 Å². The zero-order valence-corrected chi connectivity index (χ0v) is 13.0. The number of hydrogen-bond acceptors (Lipinski definition) is 3. The van der Waals surface area contributed by atoms with Crippen molar-refractivity contribution in [1.82, 2.24) is 10.3 Å². The van der Waals surface area contributed by atoms with Gasteiger partial charge in [-0.3, -0.25) is 0 Å². The lowest BCUT2D eigenvalue weighted by molar-refractivity contribution is 0.603. The number of nitrogens with one attached hydrogen (secondary N) is 1. The number of aryl methyl sites for hydroxylation is 2. The Bertz CT molecular complexity index is 528. The first kappa shape index (κ1) is 14.2. The fourth-order valence-electron chi connectivity index (χ4n) is 2.22. The molecular weight excluding hydrogens is 252 g/mol. The molecule has 2 nitrogen and oxygen atoms in total. The predicted octanol–water partition coefficient (Wildman–Crippen LogP) is 4.02. The third-order valence-electron chi connectivity index (χ3n) is 3.26. The summed E-state index contributed by atoms with van der Waals surface area (Å²) in [5.74, 6) is 0. The van der Waals surface area contributed by atoms with Crippen molar-refractivity contribution in [1.29, 1.82) is 0 Å². The second-order valence-corrected chi connectivity index (χ2v) is 6.11. The van der Waals surface area contributed by atoms with Crippen LogP contribution in [0, 0.1) is 13.8 Å². The van der Waals surface area contributed by atoms with E-state index in [2.05, 4.69) is 57.3 Å². The normalized spacial score (nSPS) is 12.6. The fourth-order valence-corrected chi connectivity index (χ4v) is 3.35. The minimum Gasteiger partial charge on any atom is -0.310 e. The van der Waals surface area contributed by atoms with E-state index in [0.29, 0.717) is 6.04 Å². The summed E-state index contributed by atoms with van der Waals surface area (Å²) >= 11 is 1.83. The Balaban J connectivity index is 2.13.